The van der Waals surface area contributed by atoms with Gasteiger partial charge in [-0.3, -0.25) is 9.59 Å². The van der Waals surface area contributed by atoms with Crippen molar-refractivity contribution in [2.45, 2.75) is 68.4 Å². The predicted octanol–water partition coefficient (Wildman–Crippen LogP) is 5.36. The van der Waals surface area contributed by atoms with E-state index in [0.717, 1.165) is 61.2 Å². The highest BCUT2D eigenvalue weighted by molar-refractivity contribution is 7.99. The number of hydrogen-bond acceptors (Lipinski definition) is 9. The lowest BCUT2D eigenvalue weighted by Gasteiger charge is -2.27. The molecule has 9 nitrogen and oxygen atoms in total. The van der Waals surface area contributed by atoms with Gasteiger partial charge in [0.25, 0.3) is 0 Å². The number of ether oxygens (including phenoxy) is 1. The number of rotatable bonds is 17. The molecule has 0 aromatic heterocycles. The van der Waals surface area contributed by atoms with Gasteiger partial charge in [0.2, 0.25) is 16.4 Å². The summed E-state index contributed by atoms with van der Waals surface area (Å²) in [5.41, 5.74) is 2.78. The Morgan fingerprint density at radius 2 is 1.71 bits per heavy atom. The Kier molecular flexibility index (Phi) is 16.0. The number of benzene rings is 2. The van der Waals surface area contributed by atoms with Crippen LogP contribution in [0.2, 0.25) is 0 Å². The normalized spacial score (nSPS) is 15.7. The van der Waals surface area contributed by atoms with Crippen LogP contribution in [-0.2, 0) is 24.3 Å². The highest BCUT2D eigenvalue weighted by Crippen LogP contribution is 2.30. The first-order valence-corrected chi connectivity index (χ1v) is 17.8. The number of thiol groups is 2. The zero-order chi connectivity index (χ0) is 32.4. The molecule has 1 fully saturated rings. The first-order valence-electron chi connectivity index (χ1n) is 15.2. The molecule has 2 aromatic carbocycles. The summed E-state index contributed by atoms with van der Waals surface area (Å²) < 4.78 is 34.8. The molecular weight excluding hydrogens is 652 g/mol. The van der Waals surface area contributed by atoms with E-state index in [-0.39, 0.29) is 34.4 Å². The van der Waals surface area contributed by atoms with Gasteiger partial charge in [0.1, 0.15) is 6.04 Å². The lowest BCUT2D eigenvalue weighted by molar-refractivity contribution is -0.145. The molecular formula is C32H49ClN4O5S3. The summed E-state index contributed by atoms with van der Waals surface area (Å²) in [7, 11) is -0.227. The van der Waals surface area contributed by atoms with E-state index in [2.05, 4.69) is 41.8 Å². The largest absolute Gasteiger partial charge is 0.464 e. The number of likely N-dealkylation sites (tertiary alicyclic amines) is 1. The van der Waals surface area contributed by atoms with Crippen LogP contribution in [0.4, 0.5) is 5.69 Å². The topological polar surface area (TPSA) is 99.3 Å². The molecule has 0 radical (unpaired) electrons. The van der Waals surface area contributed by atoms with Gasteiger partial charge in [0, 0.05) is 60.3 Å². The second-order valence-corrected chi connectivity index (χ2v) is 15.0. The van der Waals surface area contributed by atoms with Crippen molar-refractivity contribution in [1.82, 2.24) is 14.5 Å². The van der Waals surface area contributed by atoms with Crippen LogP contribution in [0.3, 0.4) is 0 Å². The molecule has 2 unspecified atom stereocenters. The molecule has 3 rings (SSSR count). The summed E-state index contributed by atoms with van der Waals surface area (Å²) >= 11 is 8.80. The Balaban J connectivity index is 0.00000705. The van der Waals surface area contributed by atoms with Gasteiger partial charge in [-0.1, -0.05) is 31.2 Å². The van der Waals surface area contributed by atoms with Crippen LogP contribution in [0.15, 0.2) is 52.6 Å². The zero-order valence-corrected chi connectivity index (χ0v) is 30.4. The van der Waals surface area contributed by atoms with Crippen LogP contribution < -0.4 is 9.62 Å². The molecule has 1 saturated heterocycles. The van der Waals surface area contributed by atoms with Crippen LogP contribution in [0.5, 0.6) is 0 Å². The Morgan fingerprint density at radius 3 is 2.33 bits per heavy atom. The number of nitrogens with zero attached hydrogens (tertiary/aromatic N) is 3. The quantitative estimate of drug-likeness (QED) is 0.0885. The molecule has 0 bridgehead atoms. The SMILES string of the molecule is CC(=C(CCOC(=O)C(C)NS(=O)(=O)c1cccc2c(N(C)C)cccc12)C(C)CCC(S)S)N(C=O)CCN1CCCC1.Cl. The van der Waals surface area contributed by atoms with Gasteiger partial charge >= 0.3 is 5.97 Å². The Labute approximate surface area is 286 Å². The van der Waals surface area contributed by atoms with E-state index in [4.69, 9.17) is 4.74 Å². The van der Waals surface area contributed by atoms with Gasteiger partial charge in [-0.25, -0.2) is 8.42 Å². The highest BCUT2D eigenvalue weighted by Gasteiger charge is 2.26. The van der Waals surface area contributed by atoms with Crippen LogP contribution >= 0.6 is 37.7 Å². The van der Waals surface area contributed by atoms with Crippen molar-refractivity contribution in [3.63, 3.8) is 0 Å². The second-order valence-electron chi connectivity index (χ2n) is 11.7. The number of nitrogens with one attached hydrogen (secondary N) is 1. The van der Waals surface area contributed by atoms with Gasteiger partial charge in [-0.15, -0.1) is 12.4 Å². The fraction of sp³-hybridized carbons (Fsp3) is 0.562. The predicted molar refractivity (Wildman–Crippen MR) is 192 cm³/mol. The molecule has 0 saturated carbocycles. The van der Waals surface area contributed by atoms with E-state index in [1.54, 1.807) is 17.0 Å². The van der Waals surface area contributed by atoms with Crippen LogP contribution in [-0.4, -0.2) is 88.1 Å². The lowest BCUT2D eigenvalue weighted by Crippen LogP contribution is -2.39. The molecule has 1 aliphatic heterocycles. The van der Waals surface area contributed by atoms with Gasteiger partial charge in [-0.2, -0.15) is 30.0 Å². The van der Waals surface area contributed by atoms with E-state index < -0.39 is 22.0 Å². The summed E-state index contributed by atoms with van der Waals surface area (Å²) in [5, 5.41) is 1.37. The smallest absolute Gasteiger partial charge is 0.323 e. The van der Waals surface area contributed by atoms with Crippen molar-refractivity contribution >= 4 is 76.5 Å². The van der Waals surface area contributed by atoms with Crippen LogP contribution in [0.25, 0.3) is 10.8 Å². The molecule has 13 heteroatoms. The van der Waals surface area contributed by atoms with Crippen LogP contribution in [0, 0.1) is 5.92 Å². The third-order valence-electron chi connectivity index (χ3n) is 8.26. The molecule has 2 aromatic rings. The summed E-state index contributed by atoms with van der Waals surface area (Å²) in [6.07, 6.45) is 5.26. The zero-order valence-electron chi connectivity index (χ0n) is 26.9. The minimum Gasteiger partial charge on any atom is -0.464 e. The summed E-state index contributed by atoms with van der Waals surface area (Å²) in [6.45, 7) is 9.09. The fourth-order valence-corrected chi connectivity index (χ4v) is 7.43. The van der Waals surface area contributed by atoms with Crippen molar-refractivity contribution < 1.29 is 22.7 Å². The van der Waals surface area contributed by atoms with Gasteiger partial charge in [0.15, 0.2) is 0 Å². The molecule has 252 valence electrons. The minimum atomic E-state index is -4.03. The maximum absolute atomic E-state index is 13.4. The molecule has 1 amide bonds. The number of carbonyl (C=O) groups excluding carboxylic acids is 2. The molecule has 2 atom stereocenters. The number of hydrogen-bond donors (Lipinski definition) is 3. The summed E-state index contributed by atoms with van der Waals surface area (Å²) in [4.78, 5) is 31.2. The van der Waals surface area contributed by atoms with Crippen molar-refractivity contribution in [3.05, 3.63) is 47.7 Å². The van der Waals surface area contributed by atoms with Gasteiger partial charge in [-0.05, 0) is 76.2 Å². The molecule has 1 aliphatic rings. The minimum absolute atomic E-state index is 0. The van der Waals surface area contributed by atoms with E-state index in [9.17, 15) is 18.0 Å². The molecule has 0 spiro atoms. The van der Waals surface area contributed by atoms with Crippen molar-refractivity contribution in [1.29, 1.82) is 0 Å². The average molecular weight is 701 g/mol. The Hall–Kier alpha value is -1.96. The maximum Gasteiger partial charge on any atom is 0.323 e. The van der Waals surface area contributed by atoms with E-state index in [1.807, 2.05) is 44.1 Å². The number of anilines is 1. The van der Waals surface area contributed by atoms with Gasteiger partial charge in [0.05, 0.1) is 11.5 Å². The van der Waals surface area contributed by atoms with E-state index in [1.165, 1.54) is 25.8 Å². The molecule has 1 heterocycles. The molecule has 45 heavy (non-hydrogen) atoms. The number of esters is 1. The summed E-state index contributed by atoms with van der Waals surface area (Å²) in [5.74, 6) is -0.557. The van der Waals surface area contributed by atoms with E-state index >= 15 is 0 Å². The number of amides is 1. The Morgan fingerprint density at radius 1 is 1.07 bits per heavy atom. The average Bonchev–Trinajstić information content (AvgIpc) is 3.51. The maximum atomic E-state index is 13.4. The third-order valence-corrected chi connectivity index (χ3v) is 10.4. The fourth-order valence-electron chi connectivity index (χ4n) is 5.72. The molecule has 1 N–H and O–H groups in total. The molecule has 0 aliphatic carbocycles. The van der Waals surface area contributed by atoms with Gasteiger partial charge < -0.3 is 19.4 Å². The monoisotopic (exact) mass is 700 g/mol. The second kappa shape index (κ2) is 18.4. The Bertz CT molecular complexity index is 1410. The summed E-state index contributed by atoms with van der Waals surface area (Å²) in [6, 6.07) is 9.50. The van der Waals surface area contributed by atoms with Crippen molar-refractivity contribution in [3.8, 4) is 0 Å². The lowest BCUT2D eigenvalue weighted by atomic mass is 9.92. The number of carbonyl (C=O) groups is 2. The van der Waals surface area contributed by atoms with Crippen molar-refractivity contribution in [2.75, 3.05) is 51.8 Å². The number of sulfonamides is 1. The number of halogens is 1. The first-order chi connectivity index (χ1) is 20.9. The third kappa shape index (κ3) is 11.1. The highest BCUT2D eigenvalue weighted by atomic mass is 35.5. The first kappa shape index (κ1) is 39.2. The van der Waals surface area contributed by atoms with E-state index in [0.29, 0.717) is 18.4 Å². The number of fused-ring (bicyclic) bond motifs is 1. The van der Waals surface area contributed by atoms with Crippen molar-refractivity contribution in [2.24, 2.45) is 5.92 Å². The van der Waals surface area contributed by atoms with Crippen LogP contribution in [0.1, 0.15) is 52.9 Å². The number of allylic oxidation sites excluding steroid dienone is 1. The standard InChI is InChI=1S/C32H48N4O5S3.ClH/c1-23(14-15-31(42)43)26(25(3)36(22-37)20-19-35-17-6-7-18-35)16-21-41-32(38)24(2)33-44(39,40)30-13-9-10-27-28(30)11-8-12-29(27)34(4)5;/h8-13,22-24,31,33,42-43H,6-7,14-21H2,1-5H3;1H.